The second-order valence-corrected chi connectivity index (χ2v) is 2.86. The minimum absolute atomic E-state index is 0.269. The fraction of sp³-hybridized carbons (Fsp3) is 0.571. The van der Waals surface area contributed by atoms with Crippen molar-refractivity contribution in [2.24, 2.45) is 12.8 Å². The molecule has 0 saturated carbocycles. The molecule has 1 heterocycles. The first-order valence-electron chi connectivity index (χ1n) is 3.85. The molecule has 0 aliphatic rings. The molecule has 1 atom stereocenters. The Hall–Kier alpha value is -1.08. The van der Waals surface area contributed by atoms with Crippen molar-refractivity contribution >= 4 is 0 Å². The molecule has 0 bridgehead atoms. The van der Waals surface area contributed by atoms with Crippen molar-refractivity contribution in [3.63, 3.8) is 0 Å². The van der Waals surface area contributed by atoms with Crippen LogP contribution in [0.3, 0.4) is 0 Å². The quantitative estimate of drug-likeness (QED) is 0.742. The maximum Gasteiger partial charge on any atom is 0.435 e. The van der Waals surface area contributed by atoms with E-state index in [9.17, 15) is 18.3 Å². The summed E-state index contributed by atoms with van der Waals surface area (Å²) in [7, 11) is 1.35. The summed E-state index contributed by atoms with van der Waals surface area (Å²) >= 11 is 0. The zero-order chi connectivity index (χ0) is 10.9. The predicted octanol–water partition coefficient (Wildman–Crippen LogP) is 0.431. The molecule has 0 radical (unpaired) electrons. The topological polar surface area (TPSA) is 64.1 Å². The highest BCUT2D eigenvalue weighted by atomic mass is 19.4. The van der Waals surface area contributed by atoms with E-state index in [4.69, 9.17) is 5.73 Å². The van der Waals surface area contributed by atoms with Gasteiger partial charge in [0.1, 0.15) is 0 Å². The summed E-state index contributed by atoms with van der Waals surface area (Å²) < 4.78 is 38.0. The van der Waals surface area contributed by atoms with E-state index in [-0.39, 0.29) is 12.1 Å². The lowest BCUT2D eigenvalue weighted by atomic mass is 10.1. The summed E-state index contributed by atoms with van der Waals surface area (Å²) in [6.07, 6.45) is -4.78. The molecule has 80 valence electrons. The number of aliphatic hydroxyl groups excluding tert-OH is 1. The zero-order valence-corrected chi connectivity index (χ0v) is 7.41. The summed E-state index contributed by atoms with van der Waals surface area (Å²) in [6.45, 7) is -0.269. The summed E-state index contributed by atoms with van der Waals surface area (Å²) in [5.41, 5.74) is 3.70. The number of aryl methyl sites for hydroxylation is 1. The lowest BCUT2D eigenvalue weighted by Crippen LogP contribution is -2.16. The van der Waals surface area contributed by atoms with Gasteiger partial charge in [-0.15, -0.1) is 0 Å². The maximum absolute atomic E-state index is 12.3. The van der Waals surface area contributed by atoms with Gasteiger partial charge in [-0.2, -0.15) is 18.3 Å². The van der Waals surface area contributed by atoms with Gasteiger partial charge in [0.25, 0.3) is 0 Å². The SMILES string of the molecule is Cn1cc(C(O)CN)c(C(F)(F)F)n1. The smallest absolute Gasteiger partial charge is 0.387 e. The van der Waals surface area contributed by atoms with Crippen LogP contribution in [0.25, 0.3) is 0 Å². The second-order valence-electron chi connectivity index (χ2n) is 2.86. The monoisotopic (exact) mass is 209 g/mol. The molecule has 1 aromatic rings. The Morgan fingerprint density at radius 2 is 2.21 bits per heavy atom. The Morgan fingerprint density at radius 1 is 1.64 bits per heavy atom. The fourth-order valence-corrected chi connectivity index (χ4v) is 1.10. The molecule has 0 saturated heterocycles. The van der Waals surface area contributed by atoms with Gasteiger partial charge in [0.15, 0.2) is 5.69 Å². The molecule has 1 unspecified atom stereocenters. The van der Waals surface area contributed by atoms with Crippen LogP contribution in [0.4, 0.5) is 13.2 Å². The number of halogens is 3. The van der Waals surface area contributed by atoms with Crippen LogP contribution in [0.2, 0.25) is 0 Å². The van der Waals surface area contributed by atoms with E-state index < -0.39 is 18.0 Å². The zero-order valence-electron chi connectivity index (χ0n) is 7.41. The van der Waals surface area contributed by atoms with Gasteiger partial charge in [0.2, 0.25) is 0 Å². The third kappa shape index (κ3) is 2.05. The molecule has 0 fully saturated rings. The Kier molecular flexibility index (Phi) is 2.81. The third-order valence-electron chi connectivity index (χ3n) is 1.71. The molecule has 0 spiro atoms. The summed E-state index contributed by atoms with van der Waals surface area (Å²) in [6, 6.07) is 0. The molecule has 0 aromatic carbocycles. The Labute approximate surface area is 78.1 Å². The van der Waals surface area contributed by atoms with E-state index >= 15 is 0 Å². The molecule has 4 nitrogen and oxygen atoms in total. The average Bonchev–Trinajstić information content (AvgIpc) is 2.45. The minimum atomic E-state index is -4.56. The van der Waals surface area contributed by atoms with Crippen LogP contribution >= 0.6 is 0 Å². The predicted molar refractivity (Wildman–Crippen MR) is 42.2 cm³/mol. The van der Waals surface area contributed by atoms with Crippen LogP contribution in [0.15, 0.2) is 6.20 Å². The van der Waals surface area contributed by atoms with Crippen molar-refractivity contribution in [1.82, 2.24) is 9.78 Å². The Morgan fingerprint density at radius 3 is 2.64 bits per heavy atom. The van der Waals surface area contributed by atoms with Crippen molar-refractivity contribution in [2.45, 2.75) is 12.3 Å². The van der Waals surface area contributed by atoms with Gasteiger partial charge in [0, 0.05) is 25.4 Å². The van der Waals surface area contributed by atoms with Gasteiger partial charge in [0.05, 0.1) is 6.10 Å². The van der Waals surface area contributed by atoms with Crippen LogP contribution in [-0.4, -0.2) is 21.4 Å². The van der Waals surface area contributed by atoms with Gasteiger partial charge in [-0.3, -0.25) is 4.68 Å². The van der Waals surface area contributed by atoms with Crippen molar-refractivity contribution in [3.05, 3.63) is 17.5 Å². The first-order valence-corrected chi connectivity index (χ1v) is 3.85. The summed E-state index contributed by atoms with van der Waals surface area (Å²) in [5, 5.41) is 12.4. The number of rotatable bonds is 2. The number of hydrogen-bond donors (Lipinski definition) is 2. The number of aromatic nitrogens is 2. The highest BCUT2D eigenvalue weighted by Crippen LogP contribution is 2.32. The number of aliphatic hydroxyl groups is 1. The Bertz CT molecular complexity index is 320. The van der Waals surface area contributed by atoms with Crippen molar-refractivity contribution in [3.8, 4) is 0 Å². The first kappa shape index (κ1) is 11.0. The standard InChI is InChI=1S/C7H10F3N3O/c1-13-3-4(5(14)2-11)6(12-13)7(8,9)10/h3,5,14H,2,11H2,1H3. The molecule has 1 aromatic heterocycles. The van der Waals surface area contributed by atoms with Gasteiger partial charge in [-0.05, 0) is 0 Å². The number of hydrogen-bond acceptors (Lipinski definition) is 3. The molecule has 1 rings (SSSR count). The second kappa shape index (κ2) is 3.58. The molecule has 7 heteroatoms. The fourth-order valence-electron chi connectivity index (χ4n) is 1.10. The van der Waals surface area contributed by atoms with Crippen LogP contribution in [0.1, 0.15) is 17.4 Å². The molecule has 3 N–H and O–H groups in total. The lowest BCUT2D eigenvalue weighted by Gasteiger charge is -2.09. The number of nitrogens with two attached hydrogens (primary N) is 1. The molecule has 0 amide bonds. The number of alkyl halides is 3. The lowest BCUT2D eigenvalue weighted by molar-refractivity contribution is -0.142. The van der Waals surface area contributed by atoms with Gasteiger partial charge in [-0.25, -0.2) is 0 Å². The van der Waals surface area contributed by atoms with Crippen LogP contribution in [0, 0.1) is 0 Å². The van der Waals surface area contributed by atoms with E-state index in [1.54, 1.807) is 0 Å². The van der Waals surface area contributed by atoms with Gasteiger partial charge < -0.3 is 10.8 Å². The summed E-state index contributed by atoms with van der Waals surface area (Å²) in [4.78, 5) is 0. The largest absolute Gasteiger partial charge is 0.435 e. The Balaban J connectivity index is 3.16. The van der Waals surface area contributed by atoms with E-state index in [2.05, 4.69) is 5.10 Å². The van der Waals surface area contributed by atoms with Crippen molar-refractivity contribution in [1.29, 1.82) is 0 Å². The third-order valence-corrected chi connectivity index (χ3v) is 1.71. The van der Waals surface area contributed by atoms with E-state index in [0.29, 0.717) is 0 Å². The van der Waals surface area contributed by atoms with Crippen LogP contribution in [0.5, 0.6) is 0 Å². The van der Waals surface area contributed by atoms with E-state index in [1.165, 1.54) is 7.05 Å². The normalized spacial score (nSPS) is 14.4. The average molecular weight is 209 g/mol. The van der Waals surface area contributed by atoms with E-state index in [0.717, 1.165) is 10.9 Å². The van der Waals surface area contributed by atoms with Crippen molar-refractivity contribution in [2.75, 3.05) is 6.54 Å². The molecule has 14 heavy (non-hydrogen) atoms. The number of nitrogens with zero attached hydrogens (tertiary/aromatic N) is 2. The molecular weight excluding hydrogens is 199 g/mol. The summed E-state index contributed by atoms with van der Waals surface area (Å²) in [5.74, 6) is 0. The van der Waals surface area contributed by atoms with Gasteiger partial charge >= 0.3 is 6.18 Å². The highest BCUT2D eigenvalue weighted by Gasteiger charge is 2.38. The van der Waals surface area contributed by atoms with Crippen LogP contribution < -0.4 is 5.73 Å². The van der Waals surface area contributed by atoms with Crippen LogP contribution in [-0.2, 0) is 13.2 Å². The molecule has 0 aliphatic heterocycles. The maximum atomic E-state index is 12.3. The van der Waals surface area contributed by atoms with E-state index in [1.807, 2.05) is 0 Å². The molecular formula is C7H10F3N3O. The minimum Gasteiger partial charge on any atom is -0.387 e. The van der Waals surface area contributed by atoms with Crippen molar-refractivity contribution < 1.29 is 18.3 Å². The highest BCUT2D eigenvalue weighted by molar-refractivity contribution is 5.22. The first-order chi connectivity index (χ1) is 6.36. The molecule has 0 aliphatic carbocycles. The van der Waals surface area contributed by atoms with Gasteiger partial charge in [-0.1, -0.05) is 0 Å².